The van der Waals surface area contributed by atoms with Crippen molar-refractivity contribution in [3.63, 3.8) is 0 Å². The largest absolute Gasteiger partial charge is 0.459 e. The summed E-state index contributed by atoms with van der Waals surface area (Å²) in [5.74, 6) is -0.590. The van der Waals surface area contributed by atoms with Crippen LogP contribution >= 0.6 is 11.3 Å². The second-order valence-electron chi connectivity index (χ2n) is 6.60. The molecule has 1 aliphatic carbocycles. The standard InChI is InChI=1S/C21H23NO3S/c1-14(2)25-21(24)19-16-10-6-7-11-17(16)26-20(19)22-18(23)13-12-15-8-4-3-5-9-15/h3-5,8-9,12-14H,6-7,10-11H2,1-2H3,(H,22,23)/b13-12+. The fourth-order valence-electron chi connectivity index (χ4n) is 3.03. The molecule has 0 bridgehead atoms. The highest BCUT2D eigenvalue weighted by atomic mass is 32.1. The van der Waals surface area contributed by atoms with Crippen molar-refractivity contribution in [3.05, 3.63) is 58.0 Å². The third kappa shape index (κ3) is 4.41. The van der Waals surface area contributed by atoms with Gasteiger partial charge in [-0.25, -0.2) is 4.79 Å². The maximum absolute atomic E-state index is 12.6. The first-order chi connectivity index (χ1) is 12.5. The molecule has 0 radical (unpaired) electrons. The third-order valence-electron chi connectivity index (χ3n) is 4.18. The lowest BCUT2D eigenvalue weighted by Crippen LogP contribution is -2.17. The monoisotopic (exact) mass is 369 g/mol. The molecule has 1 aromatic carbocycles. The van der Waals surface area contributed by atoms with Crippen LogP contribution in [0.4, 0.5) is 5.00 Å². The average molecular weight is 369 g/mol. The summed E-state index contributed by atoms with van der Waals surface area (Å²) in [6, 6.07) is 9.63. The number of esters is 1. The Hall–Kier alpha value is -2.40. The molecular weight excluding hydrogens is 346 g/mol. The van der Waals surface area contributed by atoms with E-state index < -0.39 is 0 Å². The van der Waals surface area contributed by atoms with Gasteiger partial charge in [-0.05, 0) is 56.7 Å². The summed E-state index contributed by atoms with van der Waals surface area (Å²) >= 11 is 1.50. The molecule has 0 spiro atoms. The molecule has 1 aromatic heterocycles. The van der Waals surface area contributed by atoms with Crippen molar-refractivity contribution in [1.29, 1.82) is 0 Å². The van der Waals surface area contributed by atoms with Crippen molar-refractivity contribution in [2.24, 2.45) is 0 Å². The number of aryl methyl sites for hydroxylation is 1. The number of thiophene rings is 1. The zero-order valence-corrected chi connectivity index (χ0v) is 15.9. The summed E-state index contributed by atoms with van der Waals surface area (Å²) < 4.78 is 5.41. The first-order valence-electron chi connectivity index (χ1n) is 8.94. The second-order valence-corrected chi connectivity index (χ2v) is 7.71. The van der Waals surface area contributed by atoms with Crippen molar-refractivity contribution in [2.75, 3.05) is 5.32 Å². The molecule has 0 fully saturated rings. The van der Waals surface area contributed by atoms with Gasteiger partial charge in [0, 0.05) is 11.0 Å². The third-order valence-corrected chi connectivity index (χ3v) is 5.39. The molecule has 1 amide bonds. The van der Waals surface area contributed by atoms with E-state index in [0.717, 1.165) is 36.8 Å². The molecule has 0 saturated carbocycles. The van der Waals surface area contributed by atoms with Crippen LogP contribution in [0.1, 0.15) is 53.1 Å². The highest BCUT2D eigenvalue weighted by Gasteiger charge is 2.27. The number of fused-ring (bicyclic) bond motifs is 1. The van der Waals surface area contributed by atoms with Crippen molar-refractivity contribution >= 4 is 34.3 Å². The Kier molecular flexibility index (Phi) is 5.89. The van der Waals surface area contributed by atoms with Gasteiger partial charge in [-0.1, -0.05) is 30.3 Å². The normalized spacial score (nSPS) is 13.7. The van der Waals surface area contributed by atoms with Crippen LogP contribution in [0.3, 0.4) is 0 Å². The maximum atomic E-state index is 12.6. The predicted molar refractivity (Wildman–Crippen MR) is 106 cm³/mol. The summed E-state index contributed by atoms with van der Waals surface area (Å²) in [7, 11) is 0. The molecule has 136 valence electrons. The zero-order chi connectivity index (χ0) is 18.5. The number of ether oxygens (including phenoxy) is 1. The van der Waals surface area contributed by atoms with Gasteiger partial charge in [-0.15, -0.1) is 11.3 Å². The molecule has 2 aromatic rings. The van der Waals surface area contributed by atoms with Crippen LogP contribution in [0, 0.1) is 0 Å². The molecule has 3 rings (SSSR count). The van der Waals surface area contributed by atoms with Crippen LogP contribution in [-0.2, 0) is 22.4 Å². The van der Waals surface area contributed by atoms with Gasteiger partial charge in [0.05, 0.1) is 11.7 Å². The summed E-state index contributed by atoms with van der Waals surface area (Å²) in [5.41, 5.74) is 2.54. The van der Waals surface area contributed by atoms with Gasteiger partial charge in [0.1, 0.15) is 5.00 Å². The lowest BCUT2D eigenvalue weighted by Gasteiger charge is -2.14. The summed E-state index contributed by atoms with van der Waals surface area (Å²) in [5, 5.41) is 3.49. The minimum absolute atomic E-state index is 0.192. The lowest BCUT2D eigenvalue weighted by atomic mass is 9.95. The highest BCUT2D eigenvalue weighted by molar-refractivity contribution is 7.17. The van der Waals surface area contributed by atoms with Crippen LogP contribution in [0.15, 0.2) is 36.4 Å². The van der Waals surface area contributed by atoms with E-state index in [1.165, 1.54) is 22.3 Å². The first kappa shape index (κ1) is 18.4. The molecule has 1 N–H and O–H groups in total. The Balaban J connectivity index is 1.82. The number of carbonyl (C=O) groups is 2. The van der Waals surface area contributed by atoms with E-state index in [2.05, 4.69) is 5.32 Å². The van der Waals surface area contributed by atoms with E-state index in [0.29, 0.717) is 10.6 Å². The van der Waals surface area contributed by atoms with Crippen molar-refractivity contribution in [3.8, 4) is 0 Å². The number of hydrogen-bond donors (Lipinski definition) is 1. The maximum Gasteiger partial charge on any atom is 0.341 e. The van der Waals surface area contributed by atoms with Crippen molar-refractivity contribution in [1.82, 2.24) is 0 Å². The highest BCUT2D eigenvalue weighted by Crippen LogP contribution is 2.38. The molecule has 26 heavy (non-hydrogen) atoms. The molecule has 0 atom stereocenters. The summed E-state index contributed by atoms with van der Waals surface area (Å²) in [4.78, 5) is 26.1. The number of hydrogen-bond acceptors (Lipinski definition) is 4. The molecule has 0 aliphatic heterocycles. The van der Waals surface area contributed by atoms with E-state index in [1.807, 2.05) is 44.2 Å². The number of anilines is 1. The smallest absolute Gasteiger partial charge is 0.341 e. The Morgan fingerprint density at radius 3 is 2.62 bits per heavy atom. The van der Waals surface area contributed by atoms with E-state index in [4.69, 9.17) is 4.74 Å². The van der Waals surface area contributed by atoms with Crippen LogP contribution in [0.25, 0.3) is 6.08 Å². The van der Waals surface area contributed by atoms with Gasteiger partial charge >= 0.3 is 5.97 Å². The predicted octanol–water partition coefficient (Wildman–Crippen LogP) is 4.84. The number of carbonyl (C=O) groups excluding carboxylic acids is 2. The van der Waals surface area contributed by atoms with Gasteiger partial charge in [-0.3, -0.25) is 4.79 Å². The Bertz CT molecular complexity index is 821. The fourth-order valence-corrected chi connectivity index (χ4v) is 4.31. The van der Waals surface area contributed by atoms with E-state index in [9.17, 15) is 9.59 Å². The molecule has 1 aliphatic rings. The van der Waals surface area contributed by atoms with Crippen LogP contribution in [-0.4, -0.2) is 18.0 Å². The number of rotatable bonds is 5. The SMILES string of the molecule is CC(C)OC(=O)c1c(NC(=O)/C=C/c2ccccc2)sc2c1CCCC2. The first-order valence-corrected chi connectivity index (χ1v) is 9.76. The van der Waals surface area contributed by atoms with Crippen LogP contribution in [0.2, 0.25) is 0 Å². The molecule has 5 heteroatoms. The lowest BCUT2D eigenvalue weighted by molar-refractivity contribution is -0.111. The minimum Gasteiger partial charge on any atom is -0.459 e. The van der Waals surface area contributed by atoms with Gasteiger partial charge in [-0.2, -0.15) is 0 Å². The minimum atomic E-state index is -0.346. The molecular formula is C21H23NO3S. The van der Waals surface area contributed by atoms with Crippen molar-refractivity contribution in [2.45, 2.75) is 45.6 Å². The number of nitrogens with one attached hydrogen (secondary N) is 1. The Labute approximate surface area is 157 Å². The van der Waals surface area contributed by atoms with Gasteiger partial charge in [0.25, 0.3) is 0 Å². The topological polar surface area (TPSA) is 55.4 Å². The molecule has 0 saturated heterocycles. The average Bonchev–Trinajstić information content (AvgIpc) is 2.98. The second kappa shape index (κ2) is 8.32. The molecule has 1 heterocycles. The molecule has 4 nitrogen and oxygen atoms in total. The summed E-state index contributed by atoms with van der Waals surface area (Å²) in [6.07, 6.45) is 7.06. The summed E-state index contributed by atoms with van der Waals surface area (Å²) in [6.45, 7) is 3.66. The number of benzene rings is 1. The Morgan fingerprint density at radius 2 is 1.88 bits per heavy atom. The van der Waals surface area contributed by atoms with E-state index >= 15 is 0 Å². The van der Waals surface area contributed by atoms with E-state index in [1.54, 1.807) is 6.08 Å². The van der Waals surface area contributed by atoms with E-state index in [-0.39, 0.29) is 18.0 Å². The molecule has 0 unspecified atom stereocenters. The Morgan fingerprint density at radius 1 is 1.15 bits per heavy atom. The van der Waals surface area contributed by atoms with Crippen LogP contribution in [0.5, 0.6) is 0 Å². The van der Waals surface area contributed by atoms with Gasteiger partial charge in [0.2, 0.25) is 5.91 Å². The van der Waals surface area contributed by atoms with Crippen LogP contribution < -0.4 is 5.32 Å². The van der Waals surface area contributed by atoms with Gasteiger partial charge < -0.3 is 10.1 Å². The number of amides is 1. The zero-order valence-electron chi connectivity index (χ0n) is 15.1. The van der Waals surface area contributed by atoms with Gasteiger partial charge in [0.15, 0.2) is 0 Å². The quantitative estimate of drug-likeness (QED) is 0.606. The van der Waals surface area contributed by atoms with Crippen molar-refractivity contribution < 1.29 is 14.3 Å². The fraction of sp³-hybridized carbons (Fsp3) is 0.333.